The molecule has 0 amide bonds. The standard InChI is InChI=1S/C17H32N2/c1-4-11-19(12-5-1)13-10-18-17-9-8-15-6-2-3-7-16(15)14-17/h15-18H,1-14H2. The molecule has 3 unspecified atom stereocenters. The lowest BCUT2D eigenvalue weighted by atomic mass is 9.69. The van der Waals surface area contributed by atoms with Crippen molar-refractivity contribution in [3.63, 3.8) is 0 Å². The highest BCUT2D eigenvalue weighted by atomic mass is 15.1. The van der Waals surface area contributed by atoms with E-state index in [0.29, 0.717) is 0 Å². The Bertz CT molecular complexity index is 260. The van der Waals surface area contributed by atoms with Crippen molar-refractivity contribution in [2.24, 2.45) is 11.8 Å². The Balaban J connectivity index is 1.34. The number of hydrogen-bond acceptors (Lipinski definition) is 2. The molecule has 1 N–H and O–H groups in total. The van der Waals surface area contributed by atoms with E-state index in [4.69, 9.17) is 0 Å². The average molecular weight is 264 g/mol. The zero-order chi connectivity index (χ0) is 12.9. The van der Waals surface area contributed by atoms with Crippen LogP contribution in [0.2, 0.25) is 0 Å². The second kappa shape index (κ2) is 7.08. The van der Waals surface area contributed by atoms with Crippen LogP contribution >= 0.6 is 0 Å². The monoisotopic (exact) mass is 264 g/mol. The molecule has 1 aliphatic heterocycles. The van der Waals surface area contributed by atoms with Crippen molar-refractivity contribution in [2.45, 2.75) is 70.3 Å². The van der Waals surface area contributed by atoms with E-state index in [0.717, 1.165) is 17.9 Å². The van der Waals surface area contributed by atoms with Crippen LogP contribution in [0.4, 0.5) is 0 Å². The Morgan fingerprint density at radius 1 is 0.789 bits per heavy atom. The third-order valence-electron chi connectivity index (χ3n) is 5.85. The lowest BCUT2D eigenvalue weighted by Gasteiger charge is -2.40. The zero-order valence-corrected chi connectivity index (χ0v) is 12.6. The fraction of sp³-hybridized carbons (Fsp3) is 1.00. The minimum atomic E-state index is 0.837. The molecule has 0 aromatic rings. The molecule has 2 heteroatoms. The summed E-state index contributed by atoms with van der Waals surface area (Å²) in [4.78, 5) is 2.66. The Morgan fingerprint density at radius 2 is 1.58 bits per heavy atom. The van der Waals surface area contributed by atoms with Gasteiger partial charge in [-0.05, 0) is 57.0 Å². The molecule has 0 bridgehead atoms. The summed E-state index contributed by atoms with van der Waals surface area (Å²) in [6, 6.07) is 0.837. The van der Waals surface area contributed by atoms with Crippen LogP contribution in [0.15, 0.2) is 0 Å². The van der Waals surface area contributed by atoms with Gasteiger partial charge in [0.25, 0.3) is 0 Å². The normalized spacial score (nSPS) is 36.9. The second-order valence-corrected chi connectivity index (χ2v) is 7.17. The van der Waals surface area contributed by atoms with Gasteiger partial charge in [0.1, 0.15) is 0 Å². The van der Waals surface area contributed by atoms with Gasteiger partial charge in [0, 0.05) is 19.1 Å². The highest BCUT2D eigenvalue weighted by molar-refractivity contribution is 4.86. The van der Waals surface area contributed by atoms with E-state index in [2.05, 4.69) is 10.2 Å². The molecule has 3 rings (SSSR count). The van der Waals surface area contributed by atoms with Gasteiger partial charge >= 0.3 is 0 Å². The van der Waals surface area contributed by atoms with E-state index in [1.165, 1.54) is 90.4 Å². The molecular weight excluding hydrogens is 232 g/mol. The first-order valence-corrected chi connectivity index (χ1v) is 8.87. The molecule has 2 aliphatic carbocycles. The molecule has 19 heavy (non-hydrogen) atoms. The topological polar surface area (TPSA) is 15.3 Å². The Kier molecular flexibility index (Phi) is 5.17. The molecule has 0 aromatic heterocycles. The Morgan fingerprint density at radius 3 is 2.42 bits per heavy atom. The summed E-state index contributed by atoms with van der Waals surface area (Å²) in [5.74, 6) is 2.16. The van der Waals surface area contributed by atoms with Gasteiger partial charge in [0.15, 0.2) is 0 Å². The summed E-state index contributed by atoms with van der Waals surface area (Å²) >= 11 is 0. The number of rotatable bonds is 4. The van der Waals surface area contributed by atoms with E-state index >= 15 is 0 Å². The maximum absolute atomic E-state index is 3.86. The number of piperidine rings is 1. The van der Waals surface area contributed by atoms with E-state index in [9.17, 15) is 0 Å². The van der Waals surface area contributed by atoms with Gasteiger partial charge < -0.3 is 10.2 Å². The zero-order valence-electron chi connectivity index (χ0n) is 12.6. The average Bonchev–Trinajstić information content (AvgIpc) is 2.48. The van der Waals surface area contributed by atoms with Crippen LogP contribution in [0, 0.1) is 11.8 Å². The lowest BCUT2D eigenvalue weighted by molar-refractivity contribution is 0.140. The van der Waals surface area contributed by atoms with Crippen LogP contribution in [0.25, 0.3) is 0 Å². The first-order valence-electron chi connectivity index (χ1n) is 8.87. The number of nitrogens with zero attached hydrogens (tertiary/aromatic N) is 1. The van der Waals surface area contributed by atoms with E-state index in [-0.39, 0.29) is 0 Å². The molecule has 3 fully saturated rings. The summed E-state index contributed by atoms with van der Waals surface area (Å²) in [6.45, 7) is 5.20. The lowest BCUT2D eigenvalue weighted by Crippen LogP contribution is -2.43. The molecule has 2 saturated carbocycles. The van der Waals surface area contributed by atoms with Crippen molar-refractivity contribution in [1.82, 2.24) is 10.2 Å². The van der Waals surface area contributed by atoms with Gasteiger partial charge in [-0.3, -0.25) is 0 Å². The van der Waals surface area contributed by atoms with Crippen molar-refractivity contribution in [3.8, 4) is 0 Å². The number of likely N-dealkylation sites (tertiary alicyclic amines) is 1. The van der Waals surface area contributed by atoms with Crippen LogP contribution in [0.3, 0.4) is 0 Å². The summed E-state index contributed by atoms with van der Waals surface area (Å²) < 4.78 is 0. The van der Waals surface area contributed by atoms with Crippen LogP contribution < -0.4 is 5.32 Å². The van der Waals surface area contributed by atoms with Crippen molar-refractivity contribution in [2.75, 3.05) is 26.2 Å². The molecule has 110 valence electrons. The first-order chi connectivity index (χ1) is 9.42. The molecule has 1 heterocycles. The highest BCUT2D eigenvalue weighted by Crippen LogP contribution is 2.40. The smallest absolute Gasteiger partial charge is 0.0107 e. The maximum atomic E-state index is 3.86. The molecule has 0 spiro atoms. The van der Waals surface area contributed by atoms with Gasteiger partial charge in [-0.2, -0.15) is 0 Å². The van der Waals surface area contributed by atoms with Crippen molar-refractivity contribution < 1.29 is 0 Å². The molecule has 2 nitrogen and oxygen atoms in total. The fourth-order valence-corrected chi connectivity index (χ4v) is 4.67. The van der Waals surface area contributed by atoms with Gasteiger partial charge in [-0.1, -0.05) is 32.1 Å². The first kappa shape index (κ1) is 13.9. The van der Waals surface area contributed by atoms with Crippen molar-refractivity contribution in [1.29, 1.82) is 0 Å². The second-order valence-electron chi connectivity index (χ2n) is 7.17. The third-order valence-corrected chi connectivity index (χ3v) is 5.85. The van der Waals surface area contributed by atoms with Gasteiger partial charge in [0.2, 0.25) is 0 Å². The van der Waals surface area contributed by atoms with Crippen LogP contribution in [-0.2, 0) is 0 Å². The molecule has 0 radical (unpaired) electrons. The van der Waals surface area contributed by atoms with E-state index in [1.807, 2.05) is 0 Å². The Labute approximate surface area is 119 Å². The predicted molar refractivity (Wildman–Crippen MR) is 81.4 cm³/mol. The minimum absolute atomic E-state index is 0.837. The summed E-state index contributed by atoms with van der Waals surface area (Å²) in [5, 5.41) is 3.86. The fourth-order valence-electron chi connectivity index (χ4n) is 4.67. The third kappa shape index (κ3) is 3.95. The summed E-state index contributed by atoms with van der Waals surface area (Å²) in [6.07, 6.45) is 14.8. The quantitative estimate of drug-likeness (QED) is 0.837. The van der Waals surface area contributed by atoms with Crippen molar-refractivity contribution >= 4 is 0 Å². The van der Waals surface area contributed by atoms with Crippen molar-refractivity contribution in [3.05, 3.63) is 0 Å². The van der Waals surface area contributed by atoms with Gasteiger partial charge in [0.05, 0.1) is 0 Å². The van der Waals surface area contributed by atoms with Gasteiger partial charge in [-0.25, -0.2) is 0 Å². The number of fused-ring (bicyclic) bond motifs is 1. The van der Waals surface area contributed by atoms with Gasteiger partial charge in [-0.15, -0.1) is 0 Å². The van der Waals surface area contributed by atoms with Crippen LogP contribution in [0.5, 0.6) is 0 Å². The molecule has 0 aromatic carbocycles. The molecule has 1 saturated heterocycles. The Hall–Kier alpha value is -0.0800. The predicted octanol–water partition coefficient (Wildman–Crippen LogP) is 3.42. The molecular formula is C17H32N2. The summed E-state index contributed by atoms with van der Waals surface area (Å²) in [7, 11) is 0. The van der Waals surface area contributed by atoms with E-state index in [1.54, 1.807) is 0 Å². The molecule has 3 atom stereocenters. The maximum Gasteiger partial charge on any atom is 0.0107 e. The minimum Gasteiger partial charge on any atom is -0.313 e. The highest BCUT2D eigenvalue weighted by Gasteiger charge is 2.31. The largest absolute Gasteiger partial charge is 0.313 e. The SMILES string of the molecule is C1CCN(CCNC2CCC3CCCCC3C2)CC1. The number of hydrogen-bond donors (Lipinski definition) is 1. The summed E-state index contributed by atoms with van der Waals surface area (Å²) in [5.41, 5.74) is 0. The number of nitrogens with one attached hydrogen (secondary N) is 1. The van der Waals surface area contributed by atoms with Crippen LogP contribution in [-0.4, -0.2) is 37.1 Å². The van der Waals surface area contributed by atoms with E-state index < -0.39 is 0 Å². The molecule has 3 aliphatic rings. The van der Waals surface area contributed by atoms with Crippen LogP contribution in [0.1, 0.15) is 64.2 Å².